The van der Waals surface area contributed by atoms with Gasteiger partial charge in [0.25, 0.3) is 11.5 Å². The van der Waals surface area contributed by atoms with Crippen LogP contribution in [0.2, 0.25) is 0 Å². The Balaban J connectivity index is 1.25. The summed E-state index contributed by atoms with van der Waals surface area (Å²) in [7, 11) is 0. The molecule has 0 radical (unpaired) electrons. The number of benzene rings is 3. The average molecular weight is 622 g/mol. The van der Waals surface area contributed by atoms with Crippen molar-refractivity contribution in [2.24, 2.45) is 0 Å². The van der Waals surface area contributed by atoms with E-state index in [1.54, 1.807) is 72.8 Å². The molecule has 12 heteroatoms. The third-order valence-corrected chi connectivity index (χ3v) is 7.68. The minimum absolute atomic E-state index is 0.0272. The van der Waals surface area contributed by atoms with Crippen molar-refractivity contribution in [3.63, 3.8) is 0 Å². The van der Waals surface area contributed by atoms with Gasteiger partial charge in [0.05, 0.1) is 17.5 Å². The molecule has 1 saturated heterocycles. The van der Waals surface area contributed by atoms with Gasteiger partial charge in [-0.05, 0) is 57.2 Å². The fourth-order valence-corrected chi connectivity index (χ4v) is 5.05. The summed E-state index contributed by atoms with van der Waals surface area (Å²) in [5, 5.41) is 2.62. The Labute approximate surface area is 263 Å². The van der Waals surface area contributed by atoms with Gasteiger partial charge in [-0.2, -0.15) is 4.98 Å². The van der Waals surface area contributed by atoms with Crippen molar-refractivity contribution in [3.05, 3.63) is 123 Å². The van der Waals surface area contributed by atoms with Crippen molar-refractivity contribution >= 4 is 35.0 Å². The average Bonchev–Trinajstić information content (AvgIpc) is 3.65. The summed E-state index contributed by atoms with van der Waals surface area (Å²) in [5.74, 6) is -1.64. The molecule has 2 aromatic heterocycles. The molecule has 3 aromatic carbocycles. The molecule has 5 aromatic rings. The summed E-state index contributed by atoms with van der Waals surface area (Å²) in [6.45, 7) is 5.54. The molecule has 0 unspecified atom stereocenters. The van der Waals surface area contributed by atoms with Gasteiger partial charge in [-0.25, -0.2) is 14.6 Å². The highest BCUT2D eigenvalue weighted by atomic mass is 16.6. The van der Waals surface area contributed by atoms with Gasteiger partial charge in [0, 0.05) is 12.0 Å². The molecule has 1 aliphatic rings. The number of aromatic nitrogens is 4. The number of H-pyrrole nitrogens is 1. The SMILES string of the molecule is Cc1ccc(C(=O)Nc2nc3c(ncn3[C@H]3C[C@H](OC(=O)c4ccc(C)cc4)[C@@H](COC(=O)c4ccc(C)cc4)O3)c(=O)[nH]2)cc1. The van der Waals surface area contributed by atoms with E-state index in [1.165, 1.54) is 10.9 Å². The highest BCUT2D eigenvalue weighted by Gasteiger charge is 2.41. The molecule has 0 spiro atoms. The van der Waals surface area contributed by atoms with Gasteiger partial charge in [-0.3, -0.25) is 24.5 Å². The maximum absolute atomic E-state index is 13.1. The number of hydrogen-bond acceptors (Lipinski definition) is 9. The van der Waals surface area contributed by atoms with Crippen molar-refractivity contribution in [3.8, 4) is 0 Å². The van der Waals surface area contributed by atoms with Crippen LogP contribution in [0.4, 0.5) is 5.95 Å². The molecule has 0 bridgehead atoms. The first-order valence-corrected chi connectivity index (χ1v) is 14.7. The van der Waals surface area contributed by atoms with Crippen molar-refractivity contribution in [1.29, 1.82) is 0 Å². The summed E-state index contributed by atoms with van der Waals surface area (Å²) in [5.41, 5.74) is 3.72. The van der Waals surface area contributed by atoms with Gasteiger partial charge < -0.3 is 14.2 Å². The van der Waals surface area contributed by atoms with E-state index in [0.717, 1.165) is 16.7 Å². The molecule has 2 N–H and O–H groups in total. The van der Waals surface area contributed by atoms with Crippen LogP contribution in [0.15, 0.2) is 83.9 Å². The molecular weight excluding hydrogens is 590 g/mol. The van der Waals surface area contributed by atoms with Crippen molar-refractivity contribution in [1.82, 2.24) is 19.5 Å². The summed E-state index contributed by atoms with van der Waals surface area (Å²) >= 11 is 0. The van der Waals surface area contributed by atoms with E-state index >= 15 is 0 Å². The monoisotopic (exact) mass is 621 g/mol. The van der Waals surface area contributed by atoms with Gasteiger partial charge in [0.2, 0.25) is 5.95 Å². The second kappa shape index (κ2) is 12.8. The van der Waals surface area contributed by atoms with E-state index in [0.29, 0.717) is 16.7 Å². The van der Waals surface area contributed by atoms with E-state index in [-0.39, 0.29) is 30.1 Å². The smallest absolute Gasteiger partial charge is 0.338 e. The lowest BCUT2D eigenvalue weighted by Crippen LogP contribution is -2.32. The number of imidazole rings is 1. The summed E-state index contributed by atoms with van der Waals surface area (Å²) in [6.07, 6.45) is -0.907. The summed E-state index contributed by atoms with van der Waals surface area (Å²) in [6, 6.07) is 20.8. The number of ether oxygens (including phenoxy) is 3. The van der Waals surface area contributed by atoms with E-state index in [1.807, 2.05) is 20.8 Å². The van der Waals surface area contributed by atoms with Crippen LogP contribution in [0.1, 0.15) is 60.4 Å². The number of esters is 2. The zero-order chi connectivity index (χ0) is 32.4. The molecule has 12 nitrogen and oxygen atoms in total. The predicted molar refractivity (Wildman–Crippen MR) is 168 cm³/mol. The third-order valence-electron chi connectivity index (χ3n) is 7.68. The normalized spacial score (nSPS) is 17.5. The molecule has 3 atom stereocenters. The summed E-state index contributed by atoms with van der Waals surface area (Å²) in [4.78, 5) is 62.8. The van der Waals surface area contributed by atoms with Crippen LogP contribution in [0.3, 0.4) is 0 Å². The molecule has 0 aliphatic carbocycles. The van der Waals surface area contributed by atoms with Gasteiger partial charge in [-0.1, -0.05) is 53.1 Å². The van der Waals surface area contributed by atoms with Gasteiger partial charge in [-0.15, -0.1) is 0 Å². The van der Waals surface area contributed by atoms with Crippen molar-refractivity contribution in [2.75, 3.05) is 11.9 Å². The zero-order valence-corrected chi connectivity index (χ0v) is 25.4. The zero-order valence-electron chi connectivity index (χ0n) is 25.4. The first-order valence-electron chi connectivity index (χ1n) is 14.7. The molecule has 1 amide bonds. The van der Waals surface area contributed by atoms with Gasteiger partial charge in [0.15, 0.2) is 11.2 Å². The Morgan fingerprint density at radius 1 is 0.870 bits per heavy atom. The number of carbonyl (C=O) groups is 3. The lowest BCUT2D eigenvalue weighted by Gasteiger charge is -2.19. The summed E-state index contributed by atoms with van der Waals surface area (Å²) < 4.78 is 19.2. The Kier molecular flexibility index (Phi) is 8.45. The van der Waals surface area contributed by atoms with E-state index < -0.39 is 41.8 Å². The van der Waals surface area contributed by atoms with Crippen LogP contribution in [0, 0.1) is 20.8 Å². The van der Waals surface area contributed by atoms with Gasteiger partial charge in [0.1, 0.15) is 25.0 Å². The van der Waals surface area contributed by atoms with Crippen LogP contribution in [-0.2, 0) is 14.2 Å². The molecule has 1 aliphatic heterocycles. The second-order valence-electron chi connectivity index (χ2n) is 11.2. The van der Waals surface area contributed by atoms with Crippen LogP contribution in [0.25, 0.3) is 11.2 Å². The number of hydrogen-bond donors (Lipinski definition) is 2. The minimum atomic E-state index is -0.839. The molecule has 3 heterocycles. The van der Waals surface area contributed by atoms with Crippen LogP contribution < -0.4 is 10.9 Å². The number of nitrogens with zero attached hydrogens (tertiary/aromatic N) is 3. The highest BCUT2D eigenvalue weighted by Crippen LogP contribution is 2.33. The highest BCUT2D eigenvalue weighted by molar-refractivity contribution is 6.03. The van der Waals surface area contributed by atoms with Crippen LogP contribution >= 0.6 is 0 Å². The fraction of sp³-hybridized carbons (Fsp3) is 0.235. The standard InChI is InChI=1S/C34H31N5O7/c1-19-4-10-22(11-5-19)30(40)37-34-36-29-28(31(41)38-34)35-18-39(29)27-16-25(46-33(43)24-14-8-21(3)9-15-24)26(45-27)17-44-32(42)23-12-6-20(2)7-13-23/h4-15,18,25-27H,16-17H2,1-3H3,(H2,36,37,38,40,41)/t25-,26+,27+/m0/s1. The number of fused-ring (bicyclic) bond motifs is 1. The Bertz CT molecular complexity index is 1970. The first-order chi connectivity index (χ1) is 22.1. The minimum Gasteiger partial charge on any atom is -0.459 e. The number of nitrogens with one attached hydrogen (secondary N) is 2. The number of aromatic amines is 1. The number of anilines is 1. The van der Waals surface area contributed by atoms with E-state index in [4.69, 9.17) is 14.2 Å². The number of carbonyl (C=O) groups excluding carboxylic acids is 3. The Morgan fingerprint density at radius 3 is 2.04 bits per heavy atom. The maximum atomic E-state index is 13.1. The molecule has 0 saturated carbocycles. The Hall–Kier alpha value is -5.62. The predicted octanol–water partition coefficient (Wildman–Crippen LogP) is 4.67. The van der Waals surface area contributed by atoms with E-state index in [9.17, 15) is 19.2 Å². The lowest BCUT2D eigenvalue weighted by atomic mass is 10.1. The van der Waals surface area contributed by atoms with Crippen LogP contribution in [-0.4, -0.2) is 56.2 Å². The molecule has 1 fully saturated rings. The molecule has 46 heavy (non-hydrogen) atoms. The quantitative estimate of drug-likeness (QED) is 0.235. The molecule has 6 rings (SSSR count). The maximum Gasteiger partial charge on any atom is 0.338 e. The largest absolute Gasteiger partial charge is 0.459 e. The fourth-order valence-electron chi connectivity index (χ4n) is 5.05. The Morgan fingerprint density at radius 2 is 1.43 bits per heavy atom. The van der Waals surface area contributed by atoms with Crippen LogP contribution in [0.5, 0.6) is 0 Å². The van der Waals surface area contributed by atoms with Crippen molar-refractivity contribution in [2.45, 2.75) is 45.6 Å². The number of rotatable bonds is 8. The first kappa shape index (κ1) is 30.4. The lowest BCUT2D eigenvalue weighted by molar-refractivity contribution is -0.0563. The van der Waals surface area contributed by atoms with E-state index in [2.05, 4.69) is 20.3 Å². The number of aryl methyl sites for hydroxylation is 3. The number of amides is 1. The second-order valence-corrected chi connectivity index (χ2v) is 11.2. The third kappa shape index (κ3) is 6.57. The topological polar surface area (TPSA) is 155 Å². The molecule has 234 valence electrons. The molecular formula is C34H31N5O7. The van der Waals surface area contributed by atoms with Crippen molar-refractivity contribution < 1.29 is 28.6 Å². The van der Waals surface area contributed by atoms with Gasteiger partial charge >= 0.3 is 11.9 Å².